The van der Waals surface area contributed by atoms with Crippen LogP contribution in [0.5, 0.6) is 11.5 Å². The predicted octanol–water partition coefficient (Wildman–Crippen LogP) is 7.14. The van der Waals surface area contributed by atoms with E-state index in [1.165, 1.54) is 22.1 Å². The van der Waals surface area contributed by atoms with Crippen LogP contribution in [0.3, 0.4) is 0 Å². The normalized spacial score (nSPS) is 14.6. The molecule has 1 aliphatic heterocycles. The summed E-state index contributed by atoms with van der Waals surface area (Å²) in [4.78, 5) is 32.5. The minimum absolute atomic E-state index is 0.217. The standard InChI is InChI=1S/C36H30I2N2O5S/c1-4-43-26-15-13-24(14-16-26)32-31(35(42)44-5-2)21(3)39-36-40(32)34(41)30(46-36)19-22-17-28(37)33(29(38)18-22)45-20-25-11-8-10-23-9-6-7-12-27(23)25/h6-19,32H,4-5,20H2,1-3H3/b30-19+/t32-/m1/s1. The summed E-state index contributed by atoms with van der Waals surface area (Å²) in [5, 5.41) is 2.35. The van der Waals surface area contributed by atoms with Crippen LogP contribution in [-0.4, -0.2) is 23.8 Å². The highest BCUT2D eigenvalue weighted by atomic mass is 127. The van der Waals surface area contributed by atoms with Crippen molar-refractivity contribution in [3.05, 3.63) is 134 Å². The molecule has 0 bridgehead atoms. The van der Waals surface area contributed by atoms with E-state index in [4.69, 9.17) is 19.2 Å². The molecule has 0 fully saturated rings. The number of carbonyl (C=O) groups excluding carboxylic acids is 1. The Bertz CT molecular complexity index is 2140. The van der Waals surface area contributed by atoms with E-state index in [2.05, 4.69) is 69.4 Å². The molecule has 1 atom stereocenters. The number of hydrogen-bond donors (Lipinski definition) is 0. The maximum atomic E-state index is 14.1. The summed E-state index contributed by atoms with van der Waals surface area (Å²) < 4.78 is 21.4. The molecule has 0 aliphatic carbocycles. The Morgan fingerprint density at radius 3 is 2.39 bits per heavy atom. The van der Waals surface area contributed by atoms with Crippen molar-refractivity contribution in [3.63, 3.8) is 0 Å². The highest BCUT2D eigenvalue weighted by Gasteiger charge is 2.33. The van der Waals surface area contributed by atoms with E-state index in [9.17, 15) is 9.59 Å². The van der Waals surface area contributed by atoms with Gasteiger partial charge in [0.2, 0.25) is 0 Å². The van der Waals surface area contributed by atoms with Gasteiger partial charge in [-0.3, -0.25) is 9.36 Å². The van der Waals surface area contributed by atoms with Gasteiger partial charge in [-0.1, -0.05) is 65.9 Å². The van der Waals surface area contributed by atoms with Crippen molar-refractivity contribution in [1.82, 2.24) is 4.57 Å². The number of esters is 1. The number of halogens is 2. The smallest absolute Gasteiger partial charge is 0.338 e. The van der Waals surface area contributed by atoms with E-state index >= 15 is 0 Å². The molecule has 5 aromatic rings. The third kappa shape index (κ3) is 6.52. The van der Waals surface area contributed by atoms with E-state index in [1.807, 2.05) is 67.6 Å². The van der Waals surface area contributed by atoms with Crippen molar-refractivity contribution in [2.75, 3.05) is 13.2 Å². The summed E-state index contributed by atoms with van der Waals surface area (Å²) in [6.45, 7) is 6.67. The Kier molecular flexibility index (Phi) is 9.95. The Morgan fingerprint density at radius 2 is 1.67 bits per heavy atom. The Labute approximate surface area is 297 Å². The van der Waals surface area contributed by atoms with Crippen molar-refractivity contribution in [3.8, 4) is 11.5 Å². The topological polar surface area (TPSA) is 79.1 Å². The number of nitrogens with zero attached hydrogens (tertiary/aromatic N) is 2. The average molecular weight is 857 g/mol. The zero-order valence-electron chi connectivity index (χ0n) is 25.4. The van der Waals surface area contributed by atoms with Crippen molar-refractivity contribution in [1.29, 1.82) is 0 Å². The number of allylic oxidation sites excluding steroid dienone is 1. The zero-order valence-corrected chi connectivity index (χ0v) is 30.5. The molecule has 4 aromatic carbocycles. The van der Waals surface area contributed by atoms with Crippen molar-refractivity contribution in [2.45, 2.75) is 33.4 Å². The summed E-state index contributed by atoms with van der Waals surface area (Å²) in [5.41, 5.74) is 3.41. The second-order valence-corrected chi connectivity index (χ2v) is 13.9. The summed E-state index contributed by atoms with van der Waals surface area (Å²) in [7, 11) is 0. The molecule has 234 valence electrons. The molecule has 0 saturated carbocycles. The molecule has 0 N–H and O–H groups in total. The lowest BCUT2D eigenvalue weighted by atomic mass is 9.96. The van der Waals surface area contributed by atoms with Crippen LogP contribution in [0.1, 0.15) is 43.5 Å². The summed E-state index contributed by atoms with van der Waals surface area (Å²) >= 11 is 5.87. The Balaban J connectivity index is 1.37. The molecule has 46 heavy (non-hydrogen) atoms. The molecule has 2 heterocycles. The van der Waals surface area contributed by atoms with Crippen LogP contribution in [0.2, 0.25) is 0 Å². The van der Waals surface area contributed by atoms with Gasteiger partial charge in [0.25, 0.3) is 5.56 Å². The Hall–Kier alpha value is -3.49. The molecule has 0 saturated heterocycles. The number of benzene rings is 4. The lowest BCUT2D eigenvalue weighted by Gasteiger charge is -2.24. The zero-order chi connectivity index (χ0) is 32.4. The number of thiazole rings is 1. The van der Waals surface area contributed by atoms with Gasteiger partial charge in [-0.15, -0.1) is 0 Å². The van der Waals surface area contributed by atoms with Crippen molar-refractivity contribution >= 4 is 79.3 Å². The molecule has 0 spiro atoms. The largest absolute Gasteiger partial charge is 0.494 e. The van der Waals surface area contributed by atoms with Crippen LogP contribution in [0, 0.1) is 7.14 Å². The van der Waals surface area contributed by atoms with Gasteiger partial charge in [-0.2, -0.15) is 0 Å². The van der Waals surface area contributed by atoms with Gasteiger partial charge in [-0.05, 0) is 124 Å². The summed E-state index contributed by atoms with van der Waals surface area (Å²) in [6.07, 6.45) is 1.88. The lowest BCUT2D eigenvalue weighted by molar-refractivity contribution is -0.139. The third-order valence-electron chi connectivity index (χ3n) is 7.59. The fourth-order valence-electron chi connectivity index (χ4n) is 5.54. The van der Waals surface area contributed by atoms with Crippen LogP contribution in [-0.2, 0) is 16.1 Å². The van der Waals surface area contributed by atoms with E-state index < -0.39 is 12.0 Å². The van der Waals surface area contributed by atoms with Gasteiger partial charge < -0.3 is 14.2 Å². The molecule has 7 nitrogen and oxygen atoms in total. The molecule has 10 heteroatoms. The molecule has 1 aliphatic rings. The molecular formula is C36H30I2N2O5S. The minimum atomic E-state index is -0.682. The minimum Gasteiger partial charge on any atom is -0.494 e. The van der Waals surface area contributed by atoms with E-state index in [1.54, 1.807) is 18.4 Å². The average Bonchev–Trinajstić information content (AvgIpc) is 3.34. The van der Waals surface area contributed by atoms with E-state index in [-0.39, 0.29) is 12.2 Å². The first-order chi connectivity index (χ1) is 22.3. The number of fused-ring (bicyclic) bond motifs is 2. The highest BCUT2D eigenvalue weighted by molar-refractivity contribution is 14.1. The fourth-order valence-corrected chi connectivity index (χ4v) is 8.71. The van der Waals surface area contributed by atoms with Crippen LogP contribution in [0.25, 0.3) is 16.8 Å². The highest BCUT2D eigenvalue weighted by Crippen LogP contribution is 2.33. The fraction of sp³-hybridized carbons (Fsp3) is 0.194. The van der Waals surface area contributed by atoms with Crippen LogP contribution in [0.4, 0.5) is 0 Å². The summed E-state index contributed by atoms with van der Waals surface area (Å²) in [5.74, 6) is 1.03. The predicted molar refractivity (Wildman–Crippen MR) is 198 cm³/mol. The quantitative estimate of drug-likeness (QED) is 0.117. The molecule has 0 unspecified atom stereocenters. The third-order valence-corrected chi connectivity index (χ3v) is 10.2. The molecule has 0 amide bonds. The first-order valence-electron chi connectivity index (χ1n) is 14.8. The summed E-state index contributed by atoms with van der Waals surface area (Å²) in [6, 6.07) is 25.3. The van der Waals surface area contributed by atoms with Crippen LogP contribution >= 0.6 is 56.5 Å². The maximum Gasteiger partial charge on any atom is 0.338 e. The van der Waals surface area contributed by atoms with Gasteiger partial charge in [0.15, 0.2) is 4.80 Å². The first-order valence-corrected chi connectivity index (χ1v) is 17.8. The first kappa shape index (κ1) is 32.5. The van der Waals surface area contributed by atoms with Gasteiger partial charge >= 0.3 is 5.97 Å². The second-order valence-electron chi connectivity index (χ2n) is 10.5. The molecular weight excluding hydrogens is 826 g/mol. The van der Waals surface area contributed by atoms with Gasteiger partial charge in [0.1, 0.15) is 18.1 Å². The Morgan fingerprint density at radius 1 is 0.957 bits per heavy atom. The molecule has 6 rings (SSSR count). The van der Waals surface area contributed by atoms with Gasteiger partial charge in [-0.25, -0.2) is 9.79 Å². The number of carbonyl (C=O) groups is 1. The lowest BCUT2D eigenvalue weighted by Crippen LogP contribution is -2.39. The molecule has 1 aromatic heterocycles. The number of rotatable bonds is 9. The maximum absolute atomic E-state index is 14.1. The van der Waals surface area contributed by atoms with Crippen LogP contribution < -0.4 is 24.4 Å². The number of hydrogen-bond acceptors (Lipinski definition) is 7. The number of ether oxygens (including phenoxy) is 3. The van der Waals surface area contributed by atoms with E-state index in [0.717, 1.165) is 29.6 Å². The molecule has 0 radical (unpaired) electrons. The van der Waals surface area contributed by atoms with Crippen molar-refractivity contribution < 1.29 is 19.0 Å². The SMILES string of the molecule is CCOC(=O)C1=C(C)N=c2s/c(=C/c3cc(I)c(OCc4cccc5ccccc45)c(I)c3)c(=O)n2[C@@H]1c1ccc(OCC)cc1. The van der Waals surface area contributed by atoms with Crippen molar-refractivity contribution in [2.24, 2.45) is 4.99 Å². The van der Waals surface area contributed by atoms with E-state index in [0.29, 0.717) is 39.6 Å². The van der Waals surface area contributed by atoms with Crippen LogP contribution in [0.15, 0.2) is 99.9 Å². The second kappa shape index (κ2) is 14.1. The van der Waals surface area contributed by atoms with Gasteiger partial charge in [0, 0.05) is 0 Å². The monoisotopic (exact) mass is 856 g/mol. The number of aromatic nitrogens is 1. The van der Waals surface area contributed by atoms with Gasteiger partial charge in [0.05, 0.1) is 42.2 Å².